The summed E-state index contributed by atoms with van der Waals surface area (Å²) in [5.74, 6) is -1.79. The fourth-order valence-electron chi connectivity index (χ4n) is 4.80. The number of sulfonamides is 1. The molecule has 0 bridgehead atoms. The van der Waals surface area contributed by atoms with Gasteiger partial charge in [-0.1, -0.05) is 17.7 Å². The molecule has 0 spiro atoms. The van der Waals surface area contributed by atoms with Crippen molar-refractivity contribution >= 4 is 39.4 Å². The van der Waals surface area contributed by atoms with Crippen LogP contribution in [0, 0.1) is 6.92 Å². The van der Waals surface area contributed by atoms with Crippen LogP contribution in [0.25, 0.3) is 0 Å². The van der Waals surface area contributed by atoms with Gasteiger partial charge in [0.25, 0.3) is 17.7 Å². The number of piperazine rings is 1. The van der Waals surface area contributed by atoms with Crippen LogP contribution in [-0.4, -0.2) is 80.7 Å². The maximum atomic E-state index is 13.1. The fraction of sp³-hybridized carbons (Fsp3) is 0.267. The van der Waals surface area contributed by atoms with Gasteiger partial charge < -0.3 is 14.4 Å². The lowest BCUT2D eigenvalue weighted by Crippen LogP contribution is -2.51. The zero-order valence-electron chi connectivity index (χ0n) is 23.1. The zero-order chi connectivity index (χ0) is 30.0. The van der Waals surface area contributed by atoms with Gasteiger partial charge in [-0.2, -0.15) is 4.31 Å². The molecule has 0 unspecified atom stereocenters. The molecule has 12 heteroatoms. The van der Waals surface area contributed by atoms with Crippen molar-refractivity contribution in [2.75, 3.05) is 44.3 Å². The lowest BCUT2D eigenvalue weighted by atomic mass is 10.1. The molecule has 0 saturated carbocycles. The van der Waals surface area contributed by atoms with E-state index in [1.165, 1.54) is 27.4 Å². The van der Waals surface area contributed by atoms with Crippen LogP contribution in [0.3, 0.4) is 0 Å². The highest BCUT2D eigenvalue weighted by atomic mass is 32.2. The molecular formula is C30H29N3O8S. The van der Waals surface area contributed by atoms with Crippen molar-refractivity contribution in [3.8, 4) is 5.75 Å². The van der Waals surface area contributed by atoms with Gasteiger partial charge in [-0.25, -0.2) is 18.1 Å². The molecule has 5 rings (SSSR count). The monoisotopic (exact) mass is 591 g/mol. The van der Waals surface area contributed by atoms with Crippen molar-refractivity contribution < 1.29 is 37.1 Å². The molecule has 11 nitrogen and oxygen atoms in total. The maximum absolute atomic E-state index is 13.1. The Morgan fingerprint density at radius 3 is 2.12 bits per heavy atom. The topological polar surface area (TPSA) is 131 Å². The Labute approximate surface area is 243 Å². The number of hydrogen-bond acceptors (Lipinski definition) is 8. The van der Waals surface area contributed by atoms with Crippen molar-refractivity contribution in [3.05, 3.63) is 89.0 Å². The van der Waals surface area contributed by atoms with Crippen molar-refractivity contribution in [3.63, 3.8) is 0 Å². The van der Waals surface area contributed by atoms with E-state index in [9.17, 15) is 27.6 Å². The summed E-state index contributed by atoms with van der Waals surface area (Å²) in [5.41, 5.74) is 1.54. The molecule has 42 heavy (non-hydrogen) atoms. The number of hydrogen-bond donors (Lipinski definition) is 0. The average molecular weight is 592 g/mol. The molecule has 0 atom stereocenters. The molecule has 1 fully saturated rings. The minimum absolute atomic E-state index is 0.0188. The largest absolute Gasteiger partial charge is 0.494 e. The summed E-state index contributed by atoms with van der Waals surface area (Å²) in [7, 11) is -3.68. The third kappa shape index (κ3) is 5.63. The van der Waals surface area contributed by atoms with Gasteiger partial charge in [-0.05, 0) is 68.4 Å². The zero-order valence-corrected chi connectivity index (χ0v) is 23.9. The molecule has 3 aromatic carbocycles. The molecule has 218 valence electrons. The Bertz CT molecular complexity index is 1640. The van der Waals surface area contributed by atoms with Crippen LogP contribution in [0.2, 0.25) is 0 Å². The summed E-state index contributed by atoms with van der Waals surface area (Å²) < 4.78 is 37.8. The van der Waals surface area contributed by atoms with Gasteiger partial charge in [0.2, 0.25) is 10.0 Å². The molecule has 2 aliphatic heterocycles. The van der Waals surface area contributed by atoms with E-state index < -0.39 is 40.3 Å². The van der Waals surface area contributed by atoms with E-state index in [-0.39, 0.29) is 47.8 Å². The number of anilines is 1. The summed E-state index contributed by atoms with van der Waals surface area (Å²) in [6.07, 6.45) is 0. The average Bonchev–Trinajstić information content (AvgIpc) is 3.25. The second-order valence-electron chi connectivity index (χ2n) is 9.81. The van der Waals surface area contributed by atoms with E-state index in [4.69, 9.17) is 9.47 Å². The van der Waals surface area contributed by atoms with Crippen molar-refractivity contribution in [1.29, 1.82) is 0 Å². The quantitative estimate of drug-likeness (QED) is 0.289. The molecule has 0 N–H and O–H groups in total. The number of amides is 3. The minimum Gasteiger partial charge on any atom is -0.494 e. The van der Waals surface area contributed by atoms with E-state index in [2.05, 4.69) is 0 Å². The maximum Gasteiger partial charge on any atom is 0.338 e. The van der Waals surface area contributed by atoms with E-state index in [1.807, 2.05) is 13.8 Å². The van der Waals surface area contributed by atoms with E-state index >= 15 is 0 Å². The third-order valence-corrected chi connectivity index (χ3v) is 9.02. The first-order valence-electron chi connectivity index (χ1n) is 13.4. The predicted octanol–water partition coefficient (Wildman–Crippen LogP) is 2.88. The van der Waals surface area contributed by atoms with Crippen molar-refractivity contribution in [1.82, 2.24) is 9.21 Å². The van der Waals surface area contributed by atoms with Gasteiger partial charge in [0.15, 0.2) is 6.61 Å². The Morgan fingerprint density at radius 2 is 1.48 bits per heavy atom. The van der Waals surface area contributed by atoms with Crippen molar-refractivity contribution in [2.45, 2.75) is 18.7 Å². The predicted molar refractivity (Wildman–Crippen MR) is 152 cm³/mol. The first-order valence-corrected chi connectivity index (χ1v) is 14.8. The van der Waals surface area contributed by atoms with Crippen LogP contribution >= 0.6 is 0 Å². The van der Waals surface area contributed by atoms with E-state index in [0.717, 1.165) is 10.5 Å². The molecule has 2 heterocycles. The Kier molecular flexibility index (Phi) is 8.10. The Morgan fingerprint density at radius 1 is 0.833 bits per heavy atom. The lowest BCUT2D eigenvalue weighted by molar-refractivity contribution is -0.135. The second-order valence-corrected chi connectivity index (χ2v) is 11.7. The van der Waals surface area contributed by atoms with E-state index in [0.29, 0.717) is 18.0 Å². The fourth-order valence-corrected chi connectivity index (χ4v) is 6.22. The highest BCUT2D eigenvalue weighted by Crippen LogP contribution is 2.30. The normalized spacial score (nSPS) is 15.5. The van der Waals surface area contributed by atoms with Gasteiger partial charge >= 0.3 is 5.97 Å². The second kappa shape index (κ2) is 11.7. The summed E-state index contributed by atoms with van der Waals surface area (Å²) >= 11 is 0. The number of nitrogens with zero attached hydrogens (tertiary/aromatic N) is 3. The SMILES string of the molecule is CCOc1ccc(N2C(=O)c3ccc(C(=O)OCC(=O)N4CCN(S(=O)(=O)c5ccc(C)cc5)CC4)cc3C2=O)cc1. The highest BCUT2D eigenvalue weighted by Gasteiger charge is 2.37. The smallest absolute Gasteiger partial charge is 0.338 e. The molecule has 1 saturated heterocycles. The van der Waals surface area contributed by atoms with Gasteiger partial charge in [0.05, 0.1) is 33.9 Å². The van der Waals surface area contributed by atoms with Crippen LogP contribution in [0.5, 0.6) is 5.75 Å². The minimum atomic E-state index is -3.68. The Balaban J connectivity index is 1.17. The molecule has 0 aliphatic carbocycles. The first kappa shape index (κ1) is 29.0. The summed E-state index contributed by atoms with van der Waals surface area (Å²) in [4.78, 5) is 54.1. The standard InChI is InChI=1S/C30H29N3O8S/c1-3-40-23-9-7-22(8-10-23)33-28(35)25-13-6-21(18-26(25)29(33)36)30(37)41-19-27(34)31-14-16-32(17-15-31)42(38,39)24-11-4-20(2)5-12-24/h4-13,18H,3,14-17,19H2,1-2H3. The van der Waals surface area contributed by atoms with Crippen LogP contribution in [-0.2, 0) is 19.6 Å². The van der Waals surface area contributed by atoms with Crippen LogP contribution in [0.1, 0.15) is 43.6 Å². The van der Waals surface area contributed by atoms with Gasteiger partial charge in [-0.15, -0.1) is 0 Å². The molecule has 0 radical (unpaired) electrons. The van der Waals surface area contributed by atoms with Gasteiger partial charge in [0, 0.05) is 26.2 Å². The summed E-state index contributed by atoms with van der Waals surface area (Å²) in [5, 5.41) is 0. The lowest BCUT2D eigenvalue weighted by Gasteiger charge is -2.33. The number of carbonyl (C=O) groups is 4. The highest BCUT2D eigenvalue weighted by molar-refractivity contribution is 7.89. The molecule has 3 aromatic rings. The number of aryl methyl sites for hydroxylation is 1. The number of imide groups is 1. The van der Waals surface area contributed by atoms with Gasteiger partial charge in [-0.3, -0.25) is 14.4 Å². The first-order chi connectivity index (χ1) is 20.1. The number of esters is 1. The third-order valence-electron chi connectivity index (χ3n) is 7.11. The van der Waals surface area contributed by atoms with Crippen LogP contribution in [0.4, 0.5) is 5.69 Å². The molecule has 0 aromatic heterocycles. The number of ether oxygens (including phenoxy) is 2. The molecule has 3 amide bonds. The molecular weight excluding hydrogens is 562 g/mol. The number of fused-ring (bicyclic) bond motifs is 1. The van der Waals surface area contributed by atoms with Crippen LogP contribution < -0.4 is 9.64 Å². The van der Waals surface area contributed by atoms with Gasteiger partial charge in [0.1, 0.15) is 5.75 Å². The number of rotatable bonds is 8. The van der Waals surface area contributed by atoms with E-state index in [1.54, 1.807) is 48.5 Å². The summed E-state index contributed by atoms with van der Waals surface area (Å²) in [6.45, 7) is 4.18. The van der Waals surface area contributed by atoms with Crippen molar-refractivity contribution in [2.24, 2.45) is 0 Å². The summed E-state index contributed by atoms with van der Waals surface area (Å²) in [6, 6.07) is 17.1. The number of benzene rings is 3. The number of carbonyl (C=O) groups excluding carboxylic acids is 4. The Hall–Kier alpha value is -4.55. The molecule has 2 aliphatic rings. The van der Waals surface area contributed by atoms with Crippen LogP contribution in [0.15, 0.2) is 71.6 Å².